The topological polar surface area (TPSA) is 58.6 Å². The number of carbonyl (C=O) groups is 1. The largest absolute Gasteiger partial charge is 0.352 e. The molecule has 1 amide bonds. The molecule has 0 saturated carbocycles. The Morgan fingerprint density at radius 1 is 1.44 bits per heavy atom. The minimum Gasteiger partial charge on any atom is -0.352 e. The van der Waals surface area contributed by atoms with E-state index in [0.717, 1.165) is 5.56 Å². The molecule has 4 nitrogen and oxygen atoms in total. The van der Waals surface area contributed by atoms with Crippen LogP contribution < -0.4 is 5.32 Å². The second kappa shape index (κ2) is 6.59. The van der Waals surface area contributed by atoms with Crippen molar-refractivity contribution in [3.05, 3.63) is 35.9 Å². The van der Waals surface area contributed by atoms with Gasteiger partial charge in [0.2, 0.25) is 5.91 Å². The van der Waals surface area contributed by atoms with Crippen LogP contribution in [0.2, 0.25) is 0 Å². The lowest BCUT2D eigenvalue weighted by atomic mass is 10.0. The second-order valence-corrected chi connectivity index (χ2v) is 3.95. The summed E-state index contributed by atoms with van der Waals surface area (Å²) in [5.74, 6) is -0.113. The third kappa shape index (κ3) is 3.89. The highest BCUT2D eigenvalue weighted by atomic mass is 31.1. The number of amides is 1. The Labute approximate surface area is 97.0 Å². The molecule has 0 spiro atoms. The minimum absolute atomic E-state index is 0.113. The Hall–Kier alpha value is -0.960. The summed E-state index contributed by atoms with van der Waals surface area (Å²) < 4.78 is 5.26. The van der Waals surface area contributed by atoms with Gasteiger partial charge in [-0.05, 0) is 12.5 Å². The number of carbonyl (C=O) groups excluding carboxylic acids is 1. The number of benzene rings is 1. The summed E-state index contributed by atoms with van der Waals surface area (Å²) in [7, 11) is -0.598. The zero-order chi connectivity index (χ0) is 12.0. The Kier molecular flexibility index (Phi) is 5.39. The highest BCUT2D eigenvalue weighted by molar-refractivity contribution is 7.24. The first kappa shape index (κ1) is 13.1. The van der Waals surface area contributed by atoms with E-state index in [1.165, 1.54) is 6.92 Å². The van der Waals surface area contributed by atoms with Gasteiger partial charge in [0, 0.05) is 6.92 Å². The molecule has 0 aliphatic rings. The van der Waals surface area contributed by atoms with Gasteiger partial charge < -0.3 is 14.7 Å². The zero-order valence-corrected chi connectivity index (χ0v) is 10.3. The molecule has 1 rings (SSSR count). The number of nitrogens with one attached hydrogen (secondary N) is 1. The lowest BCUT2D eigenvalue weighted by molar-refractivity contribution is -0.120. The smallest absolute Gasteiger partial charge is 0.217 e. The third-order valence-corrected chi connectivity index (χ3v) is 2.55. The van der Waals surface area contributed by atoms with Crippen molar-refractivity contribution in [3.63, 3.8) is 0 Å². The average molecular weight is 241 g/mol. The molecule has 88 valence electrons. The molecule has 0 aromatic heterocycles. The molecular weight excluding hydrogens is 225 g/mol. The fraction of sp³-hybridized carbons (Fsp3) is 0.364. The molecule has 1 aromatic carbocycles. The molecule has 0 heterocycles. The molecule has 3 atom stereocenters. The van der Waals surface area contributed by atoms with E-state index in [1.54, 1.807) is 0 Å². The number of rotatable bonds is 5. The molecule has 0 saturated heterocycles. The summed E-state index contributed by atoms with van der Waals surface area (Å²) in [6.45, 7) is 3.30. The quantitative estimate of drug-likeness (QED) is 0.772. The lowest BCUT2D eigenvalue weighted by Crippen LogP contribution is -2.35. The van der Waals surface area contributed by atoms with Gasteiger partial charge in [0.05, 0.1) is 6.04 Å². The van der Waals surface area contributed by atoms with E-state index < -0.39 is 9.03 Å². The first-order valence-electron chi connectivity index (χ1n) is 5.02. The Morgan fingerprint density at radius 2 is 2.06 bits per heavy atom. The maximum Gasteiger partial charge on any atom is 0.217 e. The van der Waals surface area contributed by atoms with Crippen molar-refractivity contribution in [3.8, 4) is 0 Å². The molecule has 0 radical (unpaired) electrons. The van der Waals surface area contributed by atoms with Crippen molar-refractivity contribution in [1.29, 1.82) is 0 Å². The van der Waals surface area contributed by atoms with E-state index in [0.29, 0.717) is 0 Å². The van der Waals surface area contributed by atoms with Crippen LogP contribution in [0.25, 0.3) is 0 Å². The molecule has 1 aromatic rings. The summed E-state index contributed by atoms with van der Waals surface area (Å²) in [5, 5.41) is 2.76. The molecule has 0 aliphatic carbocycles. The molecule has 16 heavy (non-hydrogen) atoms. The maximum absolute atomic E-state index is 11.0. The van der Waals surface area contributed by atoms with Crippen LogP contribution in [0.4, 0.5) is 0 Å². The van der Waals surface area contributed by atoms with Gasteiger partial charge in [-0.1, -0.05) is 30.3 Å². The van der Waals surface area contributed by atoms with E-state index in [1.807, 2.05) is 37.3 Å². The summed E-state index contributed by atoms with van der Waals surface area (Å²) in [5.41, 5.74) is 0.935. The van der Waals surface area contributed by atoms with Crippen molar-refractivity contribution >= 4 is 14.9 Å². The Balaban J connectivity index is 2.78. The van der Waals surface area contributed by atoms with Gasteiger partial charge in [0.1, 0.15) is 6.10 Å². The molecular formula is C11H16NO3P. The van der Waals surface area contributed by atoms with E-state index in [4.69, 9.17) is 9.42 Å². The van der Waals surface area contributed by atoms with Gasteiger partial charge in [-0.25, -0.2) is 0 Å². The minimum atomic E-state index is -0.598. The van der Waals surface area contributed by atoms with Crippen molar-refractivity contribution in [2.45, 2.75) is 26.0 Å². The van der Waals surface area contributed by atoms with Gasteiger partial charge in [0.25, 0.3) is 0 Å². The standard InChI is InChI=1S/C11H16NO3P/c1-8(12-9(2)13)11(15-16-14)10-6-4-3-5-7-10/h3-8,11,14,16H,1-2H3,(H,12,13)/t8-,11+/m0/s1. The third-order valence-electron chi connectivity index (χ3n) is 2.19. The molecule has 1 unspecified atom stereocenters. The van der Waals surface area contributed by atoms with E-state index in [-0.39, 0.29) is 18.1 Å². The summed E-state index contributed by atoms with van der Waals surface area (Å²) in [4.78, 5) is 19.8. The Morgan fingerprint density at radius 3 is 2.56 bits per heavy atom. The molecule has 0 fully saturated rings. The van der Waals surface area contributed by atoms with Gasteiger partial charge in [-0.3, -0.25) is 4.79 Å². The number of hydrogen-bond acceptors (Lipinski definition) is 3. The fourth-order valence-corrected chi connectivity index (χ4v) is 2.01. The van der Waals surface area contributed by atoms with E-state index in [9.17, 15) is 4.79 Å². The van der Waals surface area contributed by atoms with Crippen LogP contribution in [0.15, 0.2) is 30.3 Å². The molecule has 0 bridgehead atoms. The highest BCUT2D eigenvalue weighted by Gasteiger charge is 2.20. The fourth-order valence-electron chi connectivity index (χ4n) is 1.55. The van der Waals surface area contributed by atoms with Gasteiger partial charge in [-0.15, -0.1) is 0 Å². The first-order chi connectivity index (χ1) is 7.65. The van der Waals surface area contributed by atoms with Crippen LogP contribution in [0.3, 0.4) is 0 Å². The van der Waals surface area contributed by atoms with Crippen LogP contribution in [0, 0.1) is 0 Å². The van der Waals surface area contributed by atoms with Crippen LogP contribution in [0.1, 0.15) is 25.5 Å². The van der Waals surface area contributed by atoms with Gasteiger partial charge in [-0.2, -0.15) is 0 Å². The first-order valence-corrected chi connectivity index (χ1v) is 5.87. The molecule has 5 heteroatoms. The lowest BCUT2D eigenvalue weighted by Gasteiger charge is -2.23. The zero-order valence-electron chi connectivity index (χ0n) is 9.31. The van der Waals surface area contributed by atoms with Crippen molar-refractivity contribution in [1.82, 2.24) is 5.32 Å². The van der Waals surface area contributed by atoms with Crippen LogP contribution in [0.5, 0.6) is 0 Å². The maximum atomic E-state index is 11.0. The van der Waals surface area contributed by atoms with Crippen molar-refractivity contribution in [2.75, 3.05) is 0 Å². The summed E-state index contributed by atoms with van der Waals surface area (Å²) >= 11 is 0. The van der Waals surface area contributed by atoms with Crippen LogP contribution >= 0.6 is 9.03 Å². The van der Waals surface area contributed by atoms with E-state index >= 15 is 0 Å². The van der Waals surface area contributed by atoms with Gasteiger partial charge >= 0.3 is 0 Å². The molecule has 2 N–H and O–H groups in total. The summed E-state index contributed by atoms with van der Waals surface area (Å²) in [6.07, 6.45) is -0.326. The summed E-state index contributed by atoms with van der Waals surface area (Å²) in [6, 6.07) is 9.33. The number of hydrogen-bond donors (Lipinski definition) is 2. The predicted molar refractivity (Wildman–Crippen MR) is 64.1 cm³/mol. The second-order valence-electron chi connectivity index (χ2n) is 3.53. The van der Waals surface area contributed by atoms with Crippen LogP contribution in [-0.2, 0) is 9.32 Å². The predicted octanol–water partition coefficient (Wildman–Crippen LogP) is 1.77. The highest BCUT2D eigenvalue weighted by Crippen LogP contribution is 2.27. The average Bonchev–Trinajstić information content (AvgIpc) is 2.26. The Bertz CT molecular complexity index is 331. The van der Waals surface area contributed by atoms with Crippen molar-refractivity contribution in [2.24, 2.45) is 0 Å². The monoisotopic (exact) mass is 241 g/mol. The normalized spacial score (nSPS) is 14.9. The molecule has 0 aliphatic heterocycles. The van der Waals surface area contributed by atoms with Gasteiger partial charge in [0.15, 0.2) is 9.03 Å². The van der Waals surface area contributed by atoms with Crippen LogP contribution in [-0.4, -0.2) is 16.8 Å². The SMILES string of the molecule is CC(=O)N[C@@H](C)[C@@H](OPO)c1ccccc1. The van der Waals surface area contributed by atoms with E-state index in [2.05, 4.69) is 5.32 Å². The van der Waals surface area contributed by atoms with Crippen molar-refractivity contribution < 1.29 is 14.2 Å².